The Hall–Kier alpha value is -1.51. The Kier molecular flexibility index (Phi) is 4.35. The number of benzene rings is 1. The van der Waals surface area contributed by atoms with Gasteiger partial charge in [-0.25, -0.2) is 4.79 Å². The van der Waals surface area contributed by atoms with Gasteiger partial charge in [-0.05, 0) is 31.4 Å². The molecule has 0 amide bonds. The predicted octanol–water partition coefficient (Wildman–Crippen LogP) is 2.83. The number of aliphatic carboxylic acids is 1. The predicted molar refractivity (Wildman–Crippen MR) is 65.9 cm³/mol. The lowest BCUT2D eigenvalue weighted by atomic mass is 9.97. The van der Waals surface area contributed by atoms with Crippen molar-refractivity contribution in [3.8, 4) is 0 Å². The van der Waals surface area contributed by atoms with Crippen molar-refractivity contribution in [1.29, 1.82) is 0 Å². The largest absolute Gasteiger partial charge is 0.480 e. The van der Waals surface area contributed by atoms with E-state index >= 15 is 0 Å². The summed E-state index contributed by atoms with van der Waals surface area (Å²) in [6.45, 7) is 6.05. The summed E-state index contributed by atoms with van der Waals surface area (Å²) >= 11 is 0. The van der Waals surface area contributed by atoms with Crippen molar-refractivity contribution in [3.63, 3.8) is 0 Å². The third kappa shape index (κ3) is 2.75. The smallest absolute Gasteiger partial charge is 0.326 e. The van der Waals surface area contributed by atoms with Crippen LogP contribution in [0.15, 0.2) is 18.2 Å². The quantitative estimate of drug-likeness (QED) is 0.766. The van der Waals surface area contributed by atoms with Gasteiger partial charge in [0.05, 0.1) is 0 Å². The number of aryl methyl sites for hydroxylation is 2. The molecule has 0 saturated heterocycles. The molecule has 2 N–H and O–H groups in total. The van der Waals surface area contributed by atoms with E-state index in [4.69, 9.17) is 5.11 Å². The molecule has 1 aliphatic rings. The zero-order valence-electron chi connectivity index (χ0n) is 10.1. The highest BCUT2D eigenvalue weighted by atomic mass is 16.4. The third-order valence-electron chi connectivity index (χ3n) is 2.59. The Bertz CT molecular complexity index is 374. The Morgan fingerprint density at radius 2 is 2.12 bits per heavy atom. The van der Waals surface area contributed by atoms with Crippen LogP contribution >= 0.6 is 0 Å². The fourth-order valence-electron chi connectivity index (χ4n) is 1.82. The van der Waals surface area contributed by atoms with Crippen molar-refractivity contribution in [2.45, 2.75) is 39.7 Å². The van der Waals surface area contributed by atoms with Crippen LogP contribution in [0.3, 0.4) is 0 Å². The zero-order chi connectivity index (χ0) is 12.1. The molecule has 1 heterocycles. The number of anilines is 1. The Morgan fingerprint density at radius 3 is 2.75 bits per heavy atom. The van der Waals surface area contributed by atoms with Crippen molar-refractivity contribution >= 4 is 11.7 Å². The summed E-state index contributed by atoms with van der Waals surface area (Å²) in [6, 6.07) is 5.64. The molecule has 1 aliphatic heterocycles. The van der Waals surface area contributed by atoms with Gasteiger partial charge in [0.2, 0.25) is 0 Å². The lowest BCUT2D eigenvalue weighted by molar-refractivity contribution is -0.138. The Morgan fingerprint density at radius 1 is 1.44 bits per heavy atom. The van der Waals surface area contributed by atoms with Crippen LogP contribution in [0.1, 0.15) is 31.4 Å². The molecule has 0 radical (unpaired) electrons. The van der Waals surface area contributed by atoms with E-state index in [1.807, 2.05) is 32.9 Å². The minimum Gasteiger partial charge on any atom is -0.480 e. The van der Waals surface area contributed by atoms with Gasteiger partial charge in [-0.1, -0.05) is 31.5 Å². The van der Waals surface area contributed by atoms with Gasteiger partial charge in [0.25, 0.3) is 0 Å². The number of rotatable bonds is 1. The molecule has 0 saturated carbocycles. The molecule has 0 spiro atoms. The Balaban J connectivity index is 0.000000606. The highest BCUT2D eigenvalue weighted by molar-refractivity contribution is 5.78. The molecule has 0 aliphatic carbocycles. The monoisotopic (exact) mass is 221 g/mol. The van der Waals surface area contributed by atoms with Gasteiger partial charge in [-0.15, -0.1) is 0 Å². The number of nitrogens with one attached hydrogen (secondary N) is 1. The molecule has 16 heavy (non-hydrogen) atoms. The zero-order valence-corrected chi connectivity index (χ0v) is 10.1. The average molecular weight is 221 g/mol. The summed E-state index contributed by atoms with van der Waals surface area (Å²) in [5.74, 6) is -0.767. The van der Waals surface area contributed by atoms with E-state index in [1.165, 1.54) is 11.1 Å². The van der Waals surface area contributed by atoms with Crippen LogP contribution in [0, 0.1) is 6.92 Å². The molecule has 88 valence electrons. The lowest BCUT2D eigenvalue weighted by Gasteiger charge is -2.24. The second kappa shape index (κ2) is 5.54. The minimum absolute atomic E-state index is 0.426. The summed E-state index contributed by atoms with van der Waals surface area (Å²) in [7, 11) is 0. The molecule has 0 aromatic heterocycles. The topological polar surface area (TPSA) is 49.3 Å². The first kappa shape index (κ1) is 12.6. The molecule has 3 heteroatoms. The van der Waals surface area contributed by atoms with E-state index in [0.29, 0.717) is 6.42 Å². The molecule has 0 bridgehead atoms. The van der Waals surface area contributed by atoms with E-state index in [9.17, 15) is 4.79 Å². The maximum absolute atomic E-state index is 10.8. The molecule has 0 fully saturated rings. The molecule has 2 rings (SSSR count). The van der Waals surface area contributed by atoms with Gasteiger partial charge in [0.1, 0.15) is 6.04 Å². The van der Waals surface area contributed by atoms with Crippen LogP contribution in [0.4, 0.5) is 5.69 Å². The summed E-state index contributed by atoms with van der Waals surface area (Å²) in [5.41, 5.74) is 3.41. The fourth-order valence-corrected chi connectivity index (χ4v) is 1.82. The third-order valence-corrected chi connectivity index (χ3v) is 2.59. The van der Waals surface area contributed by atoms with Gasteiger partial charge in [-0.2, -0.15) is 0 Å². The molecule has 3 nitrogen and oxygen atoms in total. The van der Waals surface area contributed by atoms with E-state index in [0.717, 1.165) is 12.1 Å². The summed E-state index contributed by atoms with van der Waals surface area (Å²) in [4.78, 5) is 10.8. The van der Waals surface area contributed by atoms with E-state index < -0.39 is 12.0 Å². The molecule has 1 unspecified atom stereocenters. The van der Waals surface area contributed by atoms with Gasteiger partial charge in [-0.3, -0.25) is 0 Å². The van der Waals surface area contributed by atoms with Crippen LogP contribution in [-0.2, 0) is 11.2 Å². The van der Waals surface area contributed by atoms with Crippen molar-refractivity contribution in [3.05, 3.63) is 29.3 Å². The number of carboxylic acid groups (broad SMARTS) is 1. The van der Waals surface area contributed by atoms with Crippen LogP contribution in [0.2, 0.25) is 0 Å². The van der Waals surface area contributed by atoms with Gasteiger partial charge < -0.3 is 10.4 Å². The number of fused-ring (bicyclic) bond motifs is 1. The molecule has 1 atom stereocenters. The highest BCUT2D eigenvalue weighted by Crippen LogP contribution is 2.25. The van der Waals surface area contributed by atoms with Crippen LogP contribution in [0.5, 0.6) is 0 Å². The van der Waals surface area contributed by atoms with Crippen molar-refractivity contribution in [2.75, 3.05) is 5.32 Å². The minimum atomic E-state index is -0.767. The summed E-state index contributed by atoms with van der Waals surface area (Å²) in [5, 5.41) is 11.9. The SMILES string of the molecule is CC.Cc1ccc2c(c1)CCC(C(=O)O)N2. The maximum atomic E-state index is 10.8. The molecular weight excluding hydrogens is 202 g/mol. The van der Waals surface area contributed by atoms with Crippen molar-refractivity contribution in [2.24, 2.45) is 0 Å². The van der Waals surface area contributed by atoms with E-state index in [-0.39, 0.29) is 0 Å². The van der Waals surface area contributed by atoms with E-state index in [2.05, 4.69) is 11.4 Å². The second-order valence-electron chi connectivity index (χ2n) is 3.73. The number of carboxylic acids is 1. The first-order valence-corrected chi connectivity index (χ1v) is 5.75. The van der Waals surface area contributed by atoms with Crippen molar-refractivity contribution < 1.29 is 9.90 Å². The standard InChI is InChI=1S/C11H13NO2.C2H6/c1-7-2-4-9-8(6-7)3-5-10(12-9)11(13)14;1-2/h2,4,6,10,12H,3,5H2,1H3,(H,13,14);1-2H3. The van der Waals surface area contributed by atoms with Gasteiger partial charge in [0, 0.05) is 5.69 Å². The number of carbonyl (C=O) groups is 1. The summed E-state index contributed by atoms with van der Waals surface area (Å²) < 4.78 is 0. The average Bonchev–Trinajstić information content (AvgIpc) is 2.30. The normalized spacial score (nSPS) is 17.6. The van der Waals surface area contributed by atoms with Crippen LogP contribution < -0.4 is 5.32 Å². The van der Waals surface area contributed by atoms with Crippen LogP contribution in [-0.4, -0.2) is 17.1 Å². The molecule has 1 aromatic rings. The highest BCUT2D eigenvalue weighted by Gasteiger charge is 2.22. The van der Waals surface area contributed by atoms with Gasteiger partial charge in [0.15, 0.2) is 0 Å². The van der Waals surface area contributed by atoms with E-state index in [1.54, 1.807) is 0 Å². The second-order valence-corrected chi connectivity index (χ2v) is 3.73. The Labute approximate surface area is 96.5 Å². The maximum Gasteiger partial charge on any atom is 0.326 e. The van der Waals surface area contributed by atoms with Crippen molar-refractivity contribution in [1.82, 2.24) is 0 Å². The first-order valence-electron chi connectivity index (χ1n) is 5.75. The summed E-state index contributed by atoms with van der Waals surface area (Å²) in [6.07, 6.45) is 1.52. The van der Waals surface area contributed by atoms with Gasteiger partial charge >= 0.3 is 5.97 Å². The number of hydrogen-bond acceptors (Lipinski definition) is 2. The lowest BCUT2D eigenvalue weighted by Crippen LogP contribution is -2.33. The first-order chi connectivity index (χ1) is 7.66. The van der Waals surface area contributed by atoms with Crippen LogP contribution in [0.25, 0.3) is 0 Å². The molecular formula is C13H19NO2. The molecule has 1 aromatic carbocycles. The number of hydrogen-bond donors (Lipinski definition) is 2. The fraction of sp³-hybridized carbons (Fsp3) is 0.462.